The molecule has 2 aromatic rings. The van der Waals surface area contributed by atoms with Crippen LogP contribution in [0.2, 0.25) is 0 Å². The molecule has 0 saturated heterocycles. The van der Waals surface area contributed by atoms with Crippen molar-refractivity contribution >= 4 is 10.0 Å². The van der Waals surface area contributed by atoms with Crippen molar-refractivity contribution in [3.05, 3.63) is 59.4 Å². The highest BCUT2D eigenvalue weighted by Crippen LogP contribution is 2.22. The third-order valence-electron chi connectivity index (χ3n) is 3.75. The second kappa shape index (κ2) is 9.09. The number of hydrogen-bond acceptors (Lipinski definition) is 5. The van der Waals surface area contributed by atoms with Crippen molar-refractivity contribution in [3.8, 4) is 5.75 Å². The van der Waals surface area contributed by atoms with Gasteiger partial charge in [0.05, 0.1) is 31.3 Å². The molecule has 0 aliphatic heterocycles. The first-order valence-corrected chi connectivity index (χ1v) is 9.48. The number of aryl methyl sites for hydroxylation is 1. The summed E-state index contributed by atoms with van der Waals surface area (Å²) < 4.78 is 51.4. The minimum atomic E-state index is -3.93. The fourth-order valence-corrected chi connectivity index (χ4v) is 3.38. The van der Waals surface area contributed by atoms with E-state index in [-0.39, 0.29) is 30.4 Å². The SMILES string of the molecule is COc1ccc(S(=O)(=O)NCC(OCCO)c2ccc(C)cc2)cc1F. The molecule has 0 aromatic heterocycles. The zero-order valence-corrected chi connectivity index (χ0v) is 15.4. The quantitative estimate of drug-likeness (QED) is 0.693. The number of methoxy groups -OCH3 is 1. The van der Waals surface area contributed by atoms with Gasteiger partial charge in [-0.25, -0.2) is 17.5 Å². The van der Waals surface area contributed by atoms with Crippen molar-refractivity contribution in [1.29, 1.82) is 0 Å². The van der Waals surface area contributed by atoms with Crippen LogP contribution < -0.4 is 9.46 Å². The summed E-state index contributed by atoms with van der Waals surface area (Å²) in [6.45, 7) is 1.77. The average molecular weight is 383 g/mol. The summed E-state index contributed by atoms with van der Waals surface area (Å²) in [5, 5.41) is 8.97. The van der Waals surface area contributed by atoms with E-state index >= 15 is 0 Å². The maximum Gasteiger partial charge on any atom is 0.240 e. The fraction of sp³-hybridized carbons (Fsp3) is 0.333. The Morgan fingerprint density at radius 2 is 1.88 bits per heavy atom. The molecule has 0 aliphatic carbocycles. The van der Waals surface area contributed by atoms with Crippen LogP contribution in [0.25, 0.3) is 0 Å². The number of sulfonamides is 1. The number of rotatable bonds is 9. The third kappa shape index (κ3) is 5.25. The van der Waals surface area contributed by atoms with Gasteiger partial charge in [0.25, 0.3) is 0 Å². The normalized spacial score (nSPS) is 12.8. The highest BCUT2D eigenvalue weighted by molar-refractivity contribution is 7.89. The van der Waals surface area contributed by atoms with Crippen molar-refractivity contribution in [2.75, 3.05) is 26.9 Å². The van der Waals surface area contributed by atoms with Gasteiger partial charge in [0, 0.05) is 6.54 Å². The molecular formula is C18H22FNO5S. The lowest BCUT2D eigenvalue weighted by Gasteiger charge is -2.19. The van der Waals surface area contributed by atoms with E-state index in [0.717, 1.165) is 17.2 Å². The van der Waals surface area contributed by atoms with E-state index in [4.69, 9.17) is 14.6 Å². The van der Waals surface area contributed by atoms with Crippen LogP contribution in [0.4, 0.5) is 4.39 Å². The van der Waals surface area contributed by atoms with Crippen LogP contribution in [0.3, 0.4) is 0 Å². The Morgan fingerprint density at radius 1 is 1.19 bits per heavy atom. The van der Waals surface area contributed by atoms with Crippen molar-refractivity contribution in [2.45, 2.75) is 17.9 Å². The summed E-state index contributed by atoms with van der Waals surface area (Å²) >= 11 is 0. The number of aliphatic hydroxyl groups excluding tert-OH is 1. The number of hydrogen-bond donors (Lipinski definition) is 2. The zero-order valence-electron chi connectivity index (χ0n) is 14.6. The fourth-order valence-electron chi connectivity index (χ4n) is 2.33. The molecule has 26 heavy (non-hydrogen) atoms. The third-order valence-corrected chi connectivity index (χ3v) is 5.17. The summed E-state index contributed by atoms with van der Waals surface area (Å²) in [4.78, 5) is -0.208. The molecule has 2 rings (SSSR count). The Bertz CT molecular complexity index is 824. The second-order valence-electron chi connectivity index (χ2n) is 5.64. The maximum atomic E-state index is 13.8. The van der Waals surface area contributed by atoms with Gasteiger partial charge in [-0.3, -0.25) is 0 Å². The summed E-state index contributed by atoms with van der Waals surface area (Å²) in [5.41, 5.74) is 1.83. The summed E-state index contributed by atoms with van der Waals surface area (Å²) in [7, 11) is -2.63. The van der Waals surface area contributed by atoms with E-state index in [2.05, 4.69) is 4.72 Å². The molecule has 0 aliphatic rings. The topological polar surface area (TPSA) is 84.9 Å². The lowest BCUT2D eigenvalue weighted by molar-refractivity contribution is 0.0309. The standard InChI is InChI=1S/C18H22FNO5S/c1-13-3-5-14(6-4-13)18(25-10-9-21)12-20-26(22,23)15-7-8-17(24-2)16(19)11-15/h3-8,11,18,20-21H,9-10,12H2,1-2H3. The number of ether oxygens (including phenoxy) is 2. The number of halogens is 1. The van der Waals surface area contributed by atoms with E-state index in [1.165, 1.54) is 19.2 Å². The summed E-state index contributed by atoms with van der Waals surface area (Å²) in [6.07, 6.45) is -0.583. The average Bonchev–Trinajstić information content (AvgIpc) is 2.62. The number of aliphatic hydroxyl groups is 1. The van der Waals surface area contributed by atoms with Gasteiger partial charge in [0.15, 0.2) is 11.6 Å². The van der Waals surface area contributed by atoms with E-state index < -0.39 is 21.9 Å². The van der Waals surface area contributed by atoms with E-state index in [9.17, 15) is 12.8 Å². The van der Waals surface area contributed by atoms with Crippen molar-refractivity contribution in [3.63, 3.8) is 0 Å². The Hall–Kier alpha value is -2.00. The molecule has 1 unspecified atom stereocenters. The minimum Gasteiger partial charge on any atom is -0.494 e. The Kier molecular flexibility index (Phi) is 7.10. The van der Waals surface area contributed by atoms with E-state index in [0.29, 0.717) is 0 Å². The molecule has 0 bridgehead atoms. The first kappa shape index (κ1) is 20.3. The van der Waals surface area contributed by atoms with Gasteiger partial charge in [0.1, 0.15) is 0 Å². The van der Waals surface area contributed by atoms with Gasteiger partial charge in [-0.2, -0.15) is 0 Å². The molecule has 0 radical (unpaired) electrons. The van der Waals surface area contributed by atoms with Gasteiger partial charge in [-0.05, 0) is 30.7 Å². The minimum absolute atomic E-state index is 0.0345. The Balaban J connectivity index is 2.15. The highest BCUT2D eigenvalue weighted by atomic mass is 32.2. The molecule has 142 valence electrons. The lowest BCUT2D eigenvalue weighted by atomic mass is 10.1. The molecule has 0 amide bonds. The van der Waals surface area contributed by atoms with Crippen LogP contribution in [0.5, 0.6) is 5.75 Å². The Morgan fingerprint density at radius 3 is 2.46 bits per heavy atom. The van der Waals surface area contributed by atoms with Crippen LogP contribution >= 0.6 is 0 Å². The van der Waals surface area contributed by atoms with E-state index in [1.807, 2.05) is 31.2 Å². The molecule has 2 N–H and O–H groups in total. The largest absolute Gasteiger partial charge is 0.494 e. The van der Waals surface area contributed by atoms with Crippen LogP contribution in [0.1, 0.15) is 17.2 Å². The molecule has 0 fully saturated rings. The van der Waals surface area contributed by atoms with Gasteiger partial charge < -0.3 is 14.6 Å². The monoisotopic (exact) mass is 383 g/mol. The predicted molar refractivity (Wildman–Crippen MR) is 95.1 cm³/mol. The molecule has 0 spiro atoms. The molecule has 6 nitrogen and oxygen atoms in total. The maximum absolute atomic E-state index is 13.8. The first-order valence-electron chi connectivity index (χ1n) is 7.99. The number of benzene rings is 2. The zero-order chi connectivity index (χ0) is 19.2. The molecule has 1 atom stereocenters. The van der Waals surface area contributed by atoms with Gasteiger partial charge in [-0.1, -0.05) is 29.8 Å². The van der Waals surface area contributed by atoms with Crippen molar-refractivity contribution < 1.29 is 27.4 Å². The van der Waals surface area contributed by atoms with Crippen LogP contribution in [-0.4, -0.2) is 40.4 Å². The van der Waals surface area contributed by atoms with Crippen LogP contribution in [-0.2, 0) is 14.8 Å². The van der Waals surface area contributed by atoms with Gasteiger partial charge >= 0.3 is 0 Å². The first-order chi connectivity index (χ1) is 12.4. The van der Waals surface area contributed by atoms with E-state index in [1.54, 1.807) is 0 Å². The summed E-state index contributed by atoms with van der Waals surface area (Å²) in [5.74, 6) is -0.797. The number of nitrogens with one attached hydrogen (secondary N) is 1. The molecule has 2 aromatic carbocycles. The van der Waals surface area contributed by atoms with Crippen LogP contribution in [0, 0.1) is 12.7 Å². The second-order valence-corrected chi connectivity index (χ2v) is 7.41. The highest BCUT2D eigenvalue weighted by Gasteiger charge is 2.20. The molecular weight excluding hydrogens is 361 g/mol. The van der Waals surface area contributed by atoms with Crippen molar-refractivity contribution in [2.24, 2.45) is 0 Å². The molecule has 8 heteroatoms. The molecule has 0 saturated carbocycles. The Labute approximate surface area is 152 Å². The van der Waals surface area contributed by atoms with Gasteiger partial charge in [-0.15, -0.1) is 0 Å². The van der Waals surface area contributed by atoms with Crippen molar-refractivity contribution in [1.82, 2.24) is 4.72 Å². The lowest BCUT2D eigenvalue weighted by Crippen LogP contribution is -2.30. The predicted octanol–water partition coefficient (Wildman–Crippen LogP) is 2.17. The summed E-state index contributed by atoms with van der Waals surface area (Å²) in [6, 6.07) is 10.9. The molecule has 0 heterocycles. The smallest absolute Gasteiger partial charge is 0.240 e. The van der Waals surface area contributed by atoms with Crippen LogP contribution in [0.15, 0.2) is 47.4 Å². The van der Waals surface area contributed by atoms with Gasteiger partial charge in [0.2, 0.25) is 10.0 Å².